The second-order valence-corrected chi connectivity index (χ2v) is 8.78. The maximum Gasteiger partial charge on any atom is 0.410 e. The number of amides is 2. The lowest BCUT2D eigenvalue weighted by atomic mass is 10.0. The second kappa shape index (κ2) is 9.87. The molecular weight excluding hydrogens is 386 g/mol. The van der Waals surface area contributed by atoms with Crippen molar-refractivity contribution in [1.82, 2.24) is 14.8 Å². The lowest BCUT2D eigenvalue weighted by Crippen LogP contribution is -2.49. The summed E-state index contributed by atoms with van der Waals surface area (Å²) >= 11 is 1.58. The van der Waals surface area contributed by atoms with Crippen molar-refractivity contribution >= 4 is 23.3 Å². The van der Waals surface area contributed by atoms with Gasteiger partial charge in [-0.05, 0) is 30.7 Å². The Morgan fingerprint density at radius 2 is 2.07 bits per heavy atom. The van der Waals surface area contributed by atoms with Crippen molar-refractivity contribution in [3.05, 3.63) is 52.5 Å². The van der Waals surface area contributed by atoms with Gasteiger partial charge in [-0.1, -0.05) is 44.2 Å². The van der Waals surface area contributed by atoms with Crippen LogP contribution in [0.4, 0.5) is 4.79 Å². The van der Waals surface area contributed by atoms with E-state index in [0.29, 0.717) is 13.0 Å². The zero-order chi connectivity index (χ0) is 20.8. The van der Waals surface area contributed by atoms with Gasteiger partial charge in [0.05, 0.1) is 6.04 Å². The number of ether oxygens (including phenoxy) is 1. The fraction of sp³-hybridized carbons (Fsp3) is 0.500. The number of thiazole rings is 1. The van der Waals surface area contributed by atoms with E-state index in [1.165, 1.54) is 4.90 Å². The Labute approximate surface area is 176 Å². The van der Waals surface area contributed by atoms with Gasteiger partial charge in [-0.3, -0.25) is 9.69 Å². The second-order valence-electron chi connectivity index (χ2n) is 7.86. The van der Waals surface area contributed by atoms with Crippen LogP contribution in [-0.4, -0.2) is 46.4 Å². The van der Waals surface area contributed by atoms with E-state index in [9.17, 15) is 9.59 Å². The normalized spacial score (nSPS) is 17.4. The number of rotatable bonds is 7. The molecule has 0 saturated carbocycles. The van der Waals surface area contributed by atoms with E-state index in [-0.39, 0.29) is 24.5 Å². The molecule has 1 aromatic heterocycles. The Bertz CT molecular complexity index is 795. The van der Waals surface area contributed by atoms with Crippen molar-refractivity contribution in [2.75, 3.05) is 13.6 Å². The van der Waals surface area contributed by atoms with E-state index >= 15 is 0 Å². The summed E-state index contributed by atoms with van der Waals surface area (Å²) in [7, 11) is 1.66. The van der Waals surface area contributed by atoms with Crippen LogP contribution in [-0.2, 0) is 16.1 Å². The van der Waals surface area contributed by atoms with Gasteiger partial charge in [-0.25, -0.2) is 9.78 Å². The molecule has 2 aromatic rings. The Hall–Kier alpha value is -2.41. The third kappa shape index (κ3) is 5.35. The number of likely N-dealkylation sites (N-methyl/N-ethyl adjacent to an activating group) is 1. The van der Waals surface area contributed by atoms with Gasteiger partial charge in [-0.2, -0.15) is 0 Å². The molecule has 2 heterocycles. The fourth-order valence-corrected chi connectivity index (χ4v) is 4.48. The van der Waals surface area contributed by atoms with Gasteiger partial charge < -0.3 is 9.64 Å². The summed E-state index contributed by atoms with van der Waals surface area (Å²) in [6.45, 7) is 5.01. The molecule has 0 unspecified atom stereocenters. The van der Waals surface area contributed by atoms with Gasteiger partial charge in [0.25, 0.3) is 0 Å². The molecule has 29 heavy (non-hydrogen) atoms. The minimum atomic E-state index is -0.543. The van der Waals surface area contributed by atoms with E-state index in [0.717, 1.165) is 23.4 Å². The predicted octanol–water partition coefficient (Wildman–Crippen LogP) is 4.49. The van der Waals surface area contributed by atoms with Crippen molar-refractivity contribution in [2.24, 2.45) is 5.92 Å². The van der Waals surface area contributed by atoms with Crippen LogP contribution in [0.3, 0.4) is 0 Å². The average Bonchev–Trinajstić information content (AvgIpc) is 3.41. The predicted molar refractivity (Wildman–Crippen MR) is 113 cm³/mol. The smallest absolute Gasteiger partial charge is 0.410 e. The lowest BCUT2D eigenvalue weighted by molar-refractivity contribution is -0.137. The highest BCUT2D eigenvalue weighted by Crippen LogP contribution is 2.34. The van der Waals surface area contributed by atoms with E-state index in [2.05, 4.69) is 18.8 Å². The molecule has 0 bridgehead atoms. The number of carbonyl (C=O) groups excluding carboxylic acids is 2. The zero-order valence-electron chi connectivity index (χ0n) is 17.3. The number of likely N-dealkylation sites (tertiary alicyclic amines) is 1. The van der Waals surface area contributed by atoms with Crippen LogP contribution in [0, 0.1) is 5.92 Å². The van der Waals surface area contributed by atoms with Gasteiger partial charge >= 0.3 is 6.09 Å². The quantitative estimate of drug-likeness (QED) is 0.668. The average molecular weight is 416 g/mol. The van der Waals surface area contributed by atoms with E-state index in [4.69, 9.17) is 4.74 Å². The Morgan fingerprint density at radius 3 is 2.72 bits per heavy atom. The molecular formula is C22H29N3O3S. The Kier molecular flexibility index (Phi) is 7.25. The molecule has 1 aliphatic rings. The molecule has 1 saturated heterocycles. The van der Waals surface area contributed by atoms with Gasteiger partial charge in [0.2, 0.25) is 5.91 Å². The molecule has 7 heteroatoms. The van der Waals surface area contributed by atoms with Gasteiger partial charge in [0, 0.05) is 25.2 Å². The highest BCUT2D eigenvalue weighted by Gasteiger charge is 2.38. The first-order chi connectivity index (χ1) is 14.0. The molecule has 1 aromatic carbocycles. The Balaban J connectivity index is 1.70. The van der Waals surface area contributed by atoms with Gasteiger partial charge in [0.15, 0.2) is 0 Å². The van der Waals surface area contributed by atoms with Crippen molar-refractivity contribution in [2.45, 2.75) is 51.8 Å². The molecule has 0 radical (unpaired) electrons. The number of nitrogens with zero attached hydrogens (tertiary/aromatic N) is 3. The van der Waals surface area contributed by atoms with Crippen LogP contribution < -0.4 is 0 Å². The number of aromatic nitrogens is 1. The largest absolute Gasteiger partial charge is 0.445 e. The molecule has 2 atom stereocenters. The summed E-state index contributed by atoms with van der Waals surface area (Å²) in [5, 5.41) is 2.91. The van der Waals surface area contributed by atoms with Crippen LogP contribution in [0.5, 0.6) is 0 Å². The van der Waals surface area contributed by atoms with Crippen LogP contribution >= 0.6 is 11.3 Å². The summed E-state index contributed by atoms with van der Waals surface area (Å²) in [6.07, 6.45) is 3.76. The maximum atomic E-state index is 13.5. The molecule has 0 spiro atoms. The van der Waals surface area contributed by atoms with Crippen molar-refractivity contribution < 1.29 is 14.3 Å². The molecule has 2 amide bonds. The van der Waals surface area contributed by atoms with E-state index < -0.39 is 12.1 Å². The highest BCUT2D eigenvalue weighted by atomic mass is 32.1. The summed E-state index contributed by atoms with van der Waals surface area (Å²) in [5.74, 6) is 0.254. The van der Waals surface area contributed by atoms with Crippen LogP contribution in [0.1, 0.15) is 49.7 Å². The SMILES string of the molecule is CC(C)C[C@@H](C(=O)N1CCC[C@H]1c1nccs1)N(C)C(=O)OCc1ccccc1. The summed E-state index contributed by atoms with van der Waals surface area (Å²) in [4.78, 5) is 33.9. The summed E-state index contributed by atoms with van der Waals surface area (Å²) in [5.41, 5.74) is 0.921. The Morgan fingerprint density at radius 1 is 1.31 bits per heavy atom. The summed E-state index contributed by atoms with van der Waals surface area (Å²) in [6, 6.07) is 9.02. The number of carbonyl (C=O) groups is 2. The molecule has 1 fully saturated rings. The first-order valence-corrected chi connectivity index (χ1v) is 11.0. The maximum absolute atomic E-state index is 13.5. The van der Waals surface area contributed by atoms with Crippen molar-refractivity contribution in [3.8, 4) is 0 Å². The number of hydrogen-bond donors (Lipinski definition) is 0. The summed E-state index contributed by atoms with van der Waals surface area (Å²) < 4.78 is 5.47. The molecule has 0 N–H and O–H groups in total. The standard InChI is InChI=1S/C22H29N3O3S/c1-16(2)14-19(24(3)22(27)28-15-17-8-5-4-6-9-17)21(26)25-12-7-10-18(25)20-23-11-13-29-20/h4-6,8-9,11,13,16,18-19H,7,10,12,14-15H2,1-3H3/t18-,19-/m0/s1. The van der Waals surface area contributed by atoms with E-state index in [1.54, 1.807) is 24.6 Å². The van der Waals surface area contributed by atoms with Crippen LogP contribution in [0.2, 0.25) is 0 Å². The number of benzene rings is 1. The lowest BCUT2D eigenvalue weighted by Gasteiger charge is -2.33. The van der Waals surface area contributed by atoms with Crippen LogP contribution in [0.25, 0.3) is 0 Å². The third-order valence-corrected chi connectivity index (χ3v) is 6.09. The monoisotopic (exact) mass is 415 g/mol. The first-order valence-electron chi connectivity index (χ1n) is 10.1. The van der Waals surface area contributed by atoms with Crippen molar-refractivity contribution in [1.29, 1.82) is 0 Å². The molecule has 3 rings (SSSR count). The van der Waals surface area contributed by atoms with Gasteiger partial charge in [0.1, 0.15) is 17.7 Å². The molecule has 0 aliphatic carbocycles. The topological polar surface area (TPSA) is 62.7 Å². The highest BCUT2D eigenvalue weighted by molar-refractivity contribution is 7.09. The molecule has 156 valence electrons. The minimum Gasteiger partial charge on any atom is -0.445 e. The molecule has 6 nitrogen and oxygen atoms in total. The zero-order valence-corrected chi connectivity index (χ0v) is 18.1. The number of hydrogen-bond acceptors (Lipinski definition) is 5. The van der Waals surface area contributed by atoms with Crippen molar-refractivity contribution in [3.63, 3.8) is 0 Å². The third-order valence-electron chi connectivity index (χ3n) is 5.21. The van der Waals surface area contributed by atoms with Crippen LogP contribution in [0.15, 0.2) is 41.9 Å². The van der Waals surface area contributed by atoms with E-state index in [1.807, 2.05) is 40.6 Å². The van der Waals surface area contributed by atoms with Gasteiger partial charge in [-0.15, -0.1) is 11.3 Å². The minimum absolute atomic E-state index is 0.00546. The first kappa shape index (κ1) is 21.3. The fourth-order valence-electron chi connectivity index (χ4n) is 3.70. The molecule has 1 aliphatic heterocycles.